The van der Waals surface area contributed by atoms with Gasteiger partial charge in [0.2, 0.25) is 0 Å². The van der Waals surface area contributed by atoms with E-state index in [1.165, 1.54) is 6.07 Å². The molecule has 0 aliphatic rings. The summed E-state index contributed by atoms with van der Waals surface area (Å²) in [5.74, 6) is -0.939. The highest BCUT2D eigenvalue weighted by atomic mass is 16.5. The molecule has 6 heteroatoms. The van der Waals surface area contributed by atoms with Gasteiger partial charge >= 0.3 is 5.97 Å². The fraction of sp³-hybridized carbons (Fsp3) is 0.300. The van der Waals surface area contributed by atoms with Gasteiger partial charge in [-0.1, -0.05) is 18.2 Å². The zero-order valence-electron chi connectivity index (χ0n) is 15.2. The molecule has 0 heterocycles. The van der Waals surface area contributed by atoms with Crippen molar-refractivity contribution in [1.29, 1.82) is 0 Å². The molecular weight excluding hydrogens is 334 g/mol. The van der Waals surface area contributed by atoms with E-state index in [0.29, 0.717) is 42.4 Å². The predicted molar refractivity (Wildman–Crippen MR) is 99.3 cm³/mol. The van der Waals surface area contributed by atoms with E-state index < -0.39 is 5.97 Å². The summed E-state index contributed by atoms with van der Waals surface area (Å²) in [5, 5.41) is 12.0. The molecule has 0 aliphatic heterocycles. The molecule has 138 valence electrons. The van der Waals surface area contributed by atoms with E-state index in [-0.39, 0.29) is 11.5 Å². The average Bonchev–Trinajstić information content (AvgIpc) is 2.61. The van der Waals surface area contributed by atoms with Gasteiger partial charge in [0.1, 0.15) is 12.4 Å². The Kier molecular flexibility index (Phi) is 6.74. The quantitative estimate of drug-likeness (QED) is 0.704. The molecule has 1 amide bonds. The number of aromatic carboxylic acids is 1. The van der Waals surface area contributed by atoms with Gasteiger partial charge in [0.05, 0.1) is 17.7 Å². The van der Waals surface area contributed by atoms with Gasteiger partial charge in [0.15, 0.2) is 0 Å². The smallest absolute Gasteiger partial charge is 0.336 e. The van der Waals surface area contributed by atoms with E-state index in [4.69, 9.17) is 9.47 Å². The normalized spacial score (nSPS) is 10.4. The first-order valence-electron chi connectivity index (χ1n) is 8.39. The molecule has 26 heavy (non-hydrogen) atoms. The fourth-order valence-corrected chi connectivity index (χ4v) is 2.54. The van der Waals surface area contributed by atoms with Crippen molar-refractivity contribution in [3.8, 4) is 5.75 Å². The third kappa shape index (κ3) is 4.83. The first kappa shape index (κ1) is 19.5. The Morgan fingerprint density at radius 1 is 1.04 bits per heavy atom. The molecular formula is C20H23NO5. The molecule has 2 aromatic rings. The minimum Gasteiger partial charge on any atom is -0.490 e. The molecule has 0 spiro atoms. The lowest BCUT2D eigenvalue weighted by molar-refractivity contribution is 0.0695. The third-order valence-electron chi connectivity index (χ3n) is 3.87. The zero-order valence-corrected chi connectivity index (χ0v) is 15.2. The highest BCUT2D eigenvalue weighted by Gasteiger charge is 2.16. The van der Waals surface area contributed by atoms with Gasteiger partial charge in [0.25, 0.3) is 5.91 Å². The molecule has 0 saturated carbocycles. The zero-order chi connectivity index (χ0) is 19.1. The number of carboxylic acids is 1. The van der Waals surface area contributed by atoms with Crippen LogP contribution in [0.3, 0.4) is 0 Å². The number of hydrogen-bond acceptors (Lipinski definition) is 4. The summed E-state index contributed by atoms with van der Waals surface area (Å²) in [5.41, 5.74) is 2.43. The van der Waals surface area contributed by atoms with Crippen LogP contribution in [-0.4, -0.2) is 36.8 Å². The number of ether oxygens (including phenoxy) is 2. The minimum atomic E-state index is -1.03. The van der Waals surface area contributed by atoms with E-state index >= 15 is 0 Å². The van der Waals surface area contributed by atoms with Crippen LogP contribution in [0.4, 0.5) is 5.69 Å². The Morgan fingerprint density at radius 2 is 1.77 bits per heavy atom. The van der Waals surface area contributed by atoms with Gasteiger partial charge in [-0.2, -0.15) is 0 Å². The van der Waals surface area contributed by atoms with Crippen LogP contribution >= 0.6 is 0 Å². The van der Waals surface area contributed by atoms with E-state index in [1.54, 1.807) is 37.3 Å². The van der Waals surface area contributed by atoms with E-state index in [0.717, 1.165) is 5.56 Å². The number of carbonyl (C=O) groups excluding carboxylic acids is 1. The summed E-state index contributed by atoms with van der Waals surface area (Å²) in [6.45, 7) is 6.82. The maximum absolute atomic E-state index is 12.7. The van der Waals surface area contributed by atoms with Crippen LogP contribution in [0.15, 0.2) is 36.4 Å². The van der Waals surface area contributed by atoms with Crippen LogP contribution in [0.25, 0.3) is 0 Å². The number of carbonyl (C=O) groups is 2. The third-order valence-corrected chi connectivity index (χ3v) is 3.87. The number of carboxylic acid groups (broad SMARTS) is 1. The molecule has 0 aromatic heterocycles. The van der Waals surface area contributed by atoms with Crippen molar-refractivity contribution in [2.75, 3.05) is 25.1 Å². The molecule has 0 bridgehead atoms. The number of para-hydroxylation sites is 1. The summed E-state index contributed by atoms with van der Waals surface area (Å²) in [6, 6.07) is 10.1. The van der Waals surface area contributed by atoms with Gasteiger partial charge in [-0.15, -0.1) is 0 Å². The topological polar surface area (TPSA) is 84.9 Å². The van der Waals surface area contributed by atoms with Crippen molar-refractivity contribution in [3.05, 3.63) is 58.7 Å². The number of anilines is 1. The molecule has 0 unspecified atom stereocenters. The van der Waals surface area contributed by atoms with Gasteiger partial charge in [-0.3, -0.25) is 4.79 Å². The van der Waals surface area contributed by atoms with Gasteiger partial charge in [0, 0.05) is 12.3 Å². The van der Waals surface area contributed by atoms with Crippen LogP contribution < -0.4 is 10.1 Å². The van der Waals surface area contributed by atoms with Crippen molar-refractivity contribution < 1.29 is 24.2 Å². The van der Waals surface area contributed by atoms with Crippen molar-refractivity contribution >= 4 is 17.6 Å². The molecule has 0 saturated heterocycles. The average molecular weight is 357 g/mol. The Bertz CT molecular complexity index is 801. The number of aryl methyl sites for hydroxylation is 2. The monoisotopic (exact) mass is 357 g/mol. The number of benzene rings is 2. The van der Waals surface area contributed by atoms with Crippen LogP contribution in [-0.2, 0) is 4.74 Å². The molecule has 6 nitrogen and oxygen atoms in total. The van der Waals surface area contributed by atoms with Crippen LogP contribution in [0.1, 0.15) is 38.8 Å². The van der Waals surface area contributed by atoms with Crippen LogP contribution in [0, 0.1) is 13.8 Å². The molecule has 0 fully saturated rings. The van der Waals surface area contributed by atoms with Crippen molar-refractivity contribution in [2.24, 2.45) is 0 Å². The molecule has 2 aromatic carbocycles. The van der Waals surface area contributed by atoms with Crippen LogP contribution in [0.2, 0.25) is 0 Å². The maximum Gasteiger partial charge on any atom is 0.336 e. The summed E-state index contributed by atoms with van der Waals surface area (Å²) in [4.78, 5) is 24.0. The number of amides is 1. The second kappa shape index (κ2) is 9.01. The van der Waals surface area contributed by atoms with Crippen molar-refractivity contribution in [1.82, 2.24) is 0 Å². The Balaban J connectivity index is 2.20. The van der Waals surface area contributed by atoms with E-state index in [1.807, 2.05) is 13.8 Å². The standard InChI is InChI=1S/C20H23NO5/c1-4-25-9-10-26-18-8-6-5-7-15(18)19(22)21-17-12-16(20(23)24)13(2)11-14(17)3/h5-8,11-12H,4,9-10H2,1-3H3,(H,21,22)(H,23,24). The Morgan fingerprint density at radius 3 is 2.46 bits per heavy atom. The van der Waals surface area contributed by atoms with E-state index in [2.05, 4.69) is 5.32 Å². The molecule has 0 aliphatic carbocycles. The lowest BCUT2D eigenvalue weighted by atomic mass is 10.0. The fourth-order valence-electron chi connectivity index (χ4n) is 2.54. The lowest BCUT2D eigenvalue weighted by Gasteiger charge is -2.14. The molecule has 2 N–H and O–H groups in total. The number of nitrogens with one attached hydrogen (secondary N) is 1. The minimum absolute atomic E-state index is 0.159. The Labute approximate surface area is 152 Å². The van der Waals surface area contributed by atoms with Crippen LogP contribution in [0.5, 0.6) is 5.75 Å². The summed E-state index contributed by atoms with van der Waals surface area (Å²) < 4.78 is 10.9. The van der Waals surface area contributed by atoms with Gasteiger partial charge < -0.3 is 19.9 Å². The van der Waals surface area contributed by atoms with Gasteiger partial charge in [-0.05, 0) is 50.1 Å². The highest BCUT2D eigenvalue weighted by molar-refractivity contribution is 6.07. The number of hydrogen-bond donors (Lipinski definition) is 2. The second-order valence-electron chi connectivity index (χ2n) is 5.78. The summed E-state index contributed by atoms with van der Waals surface area (Å²) in [7, 11) is 0. The first-order valence-corrected chi connectivity index (χ1v) is 8.39. The van der Waals surface area contributed by atoms with Crippen molar-refractivity contribution in [2.45, 2.75) is 20.8 Å². The summed E-state index contributed by atoms with van der Waals surface area (Å²) in [6.07, 6.45) is 0. The Hall–Kier alpha value is -2.86. The second-order valence-corrected chi connectivity index (χ2v) is 5.78. The lowest BCUT2D eigenvalue weighted by Crippen LogP contribution is -2.16. The molecule has 2 rings (SSSR count). The highest BCUT2D eigenvalue weighted by Crippen LogP contribution is 2.24. The first-order chi connectivity index (χ1) is 12.4. The summed E-state index contributed by atoms with van der Waals surface area (Å²) >= 11 is 0. The maximum atomic E-state index is 12.7. The van der Waals surface area contributed by atoms with E-state index in [9.17, 15) is 14.7 Å². The number of rotatable bonds is 8. The molecule has 0 radical (unpaired) electrons. The van der Waals surface area contributed by atoms with Gasteiger partial charge in [-0.25, -0.2) is 4.79 Å². The molecule has 0 atom stereocenters. The predicted octanol–water partition coefficient (Wildman–Crippen LogP) is 3.67. The largest absolute Gasteiger partial charge is 0.490 e. The SMILES string of the molecule is CCOCCOc1ccccc1C(=O)Nc1cc(C(=O)O)c(C)cc1C. The van der Waals surface area contributed by atoms with Crippen molar-refractivity contribution in [3.63, 3.8) is 0 Å².